The number of carbonyl (C=O) groups is 2. The number of likely N-dealkylation sites (N-methyl/N-ethyl adjacent to an activating group) is 1. The maximum Gasteiger partial charge on any atom is 0.329 e. The summed E-state index contributed by atoms with van der Waals surface area (Å²) in [5, 5.41) is 18.4. The van der Waals surface area contributed by atoms with E-state index in [1.165, 1.54) is 9.80 Å². The van der Waals surface area contributed by atoms with Gasteiger partial charge in [0.2, 0.25) is 0 Å². The van der Waals surface area contributed by atoms with E-state index in [2.05, 4.69) is 0 Å². The molecule has 1 aliphatic heterocycles. The molecule has 0 aromatic carbocycles. The van der Waals surface area contributed by atoms with Gasteiger partial charge in [-0.05, 0) is 33.1 Å². The number of likely N-dealkylation sites (tertiary alicyclic amines) is 1. The van der Waals surface area contributed by atoms with Gasteiger partial charge in [-0.15, -0.1) is 0 Å². The lowest BCUT2D eigenvalue weighted by Gasteiger charge is -2.44. The molecule has 18 heavy (non-hydrogen) atoms. The fourth-order valence-electron chi connectivity index (χ4n) is 2.15. The molecule has 1 aliphatic rings. The van der Waals surface area contributed by atoms with Crippen LogP contribution in [-0.2, 0) is 4.79 Å². The molecule has 1 heterocycles. The van der Waals surface area contributed by atoms with Crippen LogP contribution < -0.4 is 0 Å². The van der Waals surface area contributed by atoms with Gasteiger partial charge in [0.25, 0.3) is 0 Å². The zero-order chi connectivity index (χ0) is 13.9. The molecule has 2 amide bonds. The second-order valence-corrected chi connectivity index (χ2v) is 5.11. The summed E-state index contributed by atoms with van der Waals surface area (Å²) >= 11 is 0. The van der Waals surface area contributed by atoms with Crippen LogP contribution in [0.5, 0.6) is 0 Å². The number of piperidine rings is 1. The molecule has 2 atom stereocenters. The SMILES string of the molecule is CC(CO)N(C)C(=O)N1CCCCC1(C)C(=O)O. The number of amides is 2. The Bertz CT molecular complexity index is 334. The third kappa shape index (κ3) is 2.58. The number of carboxylic acid groups (broad SMARTS) is 1. The molecule has 0 aromatic heterocycles. The first kappa shape index (κ1) is 14.8. The molecule has 1 saturated heterocycles. The first-order valence-electron chi connectivity index (χ1n) is 6.23. The average molecular weight is 258 g/mol. The lowest BCUT2D eigenvalue weighted by atomic mass is 9.89. The maximum absolute atomic E-state index is 12.3. The van der Waals surface area contributed by atoms with Crippen molar-refractivity contribution in [2.24, 2.45) is 0 Å². The molecule has 6 heteroatoms. The van der Waals surface area contributed by atoms with Crippen molar-refractivity contribution in [3.63, 3.8) is 0 Å². The van der Waals surface area contributed by atoms with Crippen LogP contribution in [0, 0.1) is 0 Å². The molecule has 0 radical (unpaired) electrons. The van der Waals surface area contributed by atoms with Gasteiger partial charge in [0, 0.05) is 13.6 Å². The minimum absolute atomic E-state index is 0.139. The van der Waals surface area contributed by atoms with E-state index in [9.17, 15) is 14.7 Å². The lowest BCUT2D eigenvalue weighted by molar-refractivity contribution is -0.150. The van der Waals surface area contributed by atoms with Crippen molar-refractivity contribution in [1.82, 2.24) is 9.80 Å². The number of aliphatic hydroxyl groups excluding tert-OH is 1. The van der Waals surface area contributed by atoms with Gasteiger partial charge >= 0.3 is 12.0 Å². The van der Waals surface area contributed by atoms with Crippen molar-refractivity contribution in [3.05, 3.63) is 0 Å². The van der Waals surface area contributed by atoms with Crippen molar-refractivity contribution in [1.29, 1.82) is 0 Å². The molecule has 104 valence electrons. The summed E-state index contributed by atoms with van der Waals surface area (Å²) < 4.78 is 0. The first-order chi connectivity index (χ1) is 8.34. The summed E-state index contributed by atoms with van der Waals surface area (Å²) in [6.07, 6.45) is 2.09. The standard InChI is InChI=1S/C12H22N2O4/c1-9(8-15)13(3)11(18)14-7-5-4-6-12(14,2)10(16)17/h9,15H,4-8H2,1-3H3,(H,16,17). The third-order valence-corrected chi connectivity index (χ3v) is 3.81. The average Bonchev–Trinajstić information content (AvgIpc) is 2.36. The summed E-state index contributed by atoms with van der Waals surface area (Å²) in [7, 11) is 1.58. The molecule has 2 unspecified atom stereocenters. The number of carbonyl (C=O) groups excluding carboxylic acids is 1. The quantitative estimate of drug-likeness (QED) is 0.782. The molecule has 6 nitrogen and oxygen atoms in total. The van der Waals surface area contributed by atoms with Crippen molar-refractivity contribution in [2.75, 3.05) is 20.2 Å². The van der Waals surface area contributed by atoms with E-state index in [0.717, 1.165) is 12.8 Å². The van der Waals surface area contributed by atoms with E-state index >= 15 is 0 Å². The fraction of sp³-hybridized carbons (Fsp3) is 0.833. The molecule has 1 fully saturated rings. The van der Waals surface area contributed by atoms with Crippen LogP contribution in [0.15, 0.2) is 0 Å². The Labute approximate surface area is 107 Å². The number of hydrogen-bond donors (Lipinski definition) is 2. The topological polar surface area (TPSA) is 81.1 Å². The minimum Gasteiger partial charge on any atom is -0.480 e. The van der Waals surface area contributed by atoms with Crippen LogP contribution in [0.1, 0.15) is 33.1 Å². The molecular formula is C12H22N2O4. The van der Waals surface area contributed by atoms with E-state index in [1.54, 1.807) is 20.9 Å². The van der Waals surface area contributed by atoms with Gasteiger partial charge in [-0.1, -0.05) is 0 Å². The Balaban J connectivity index is 2.91. The Kier molecular flexibility index (Phi) is 4.56. The van der Waals surface area contributed by atoms with Crippen LogP contribution in [0.4, 0.5) is 4.79 Å². The molecular weight excluding hydrogens is 236 g/mol. The Morgan fingerprint density at radius 3 is 2.56 bits per heavy atom. The zero-order valence-electron chi connectivity index (χ0n) is 11.2. The number of rotatable bonds is 3. The van der Waals surface area contributed by atoms with E-state index < -0.39 is 11.5 Å². The largest absolute Gasteiger partial charge is 0.480 e. The van der Waals surface area contributed by atoms with E-state index in [0.29, 0.717) is 13.0 Å². The lowest BCUT2D eigenvalue weighted by Crippen LogP contribution is -2.61. The van der Waals surface area contributed by atoms with Gasteiger partial charge in [0.1, 0.15) is 5.54 Å². The van der Waals surface area contributed by atoms with Crippen molar-refractivity contribution in [3.8, 4) is 0 Å². The molecule has 0 spiro atoms. The third-order valence-electron chi connectivity index (χ3n) is 3.81. The van der Waals surface area contributed by atoms with Crippen molar-refractivity contribution >= 4 is 12.0 Å². The normalized spacial score (nSPS) is 25.7. The number of carboxylic acids is 1. The predicted octanol–water partition coefficient (Wildman–Crippen LogP) is 0.748. The fourth-order valence-corrected chi connectivity index (χ4v) is 2.15. The summed E-state index contributed by atoms with van der Waals surface area (Å²) in [5.41, 5.74) is -1.14. The van der Waals surface area contributed by atoms with Crippen LogP contribution in [-0.4, -0.2) is 63.8 Å². The summed E-state index contributed by atoms with van der Waals surface area (Å²) in [6, 6.07) is -0.654. The summed E-state index contributed by atoms with van der Waals surface area (Å²) in [5.74, 6) is -0.972. The van der Waals surface area contributed by atoms with Crippen LogP contribution >= 0.6 is 0 Å². The molecule has 0 saturated carbocycles. The second-order valence-electron chi connectivity index (χ2n) is 5.11. The van der Waals surface area contributed by atoms with E-state index in [1.807, 2.05) is 0 Å². The van der Waals surface area contributed by atoms with Gasteiger partial charge in [-0.2, -0.15) is 0 Å². The molecule has 1 rings (SSSR count). The van der Waals surface area contributed by atoms with Gasteiger partial charge in [0.15, 0.2) is 0 Å². The van der Waals surface area contributed by atoms with Gasteiger partial charge < -0.3 is 20.0 Å². The van der Waals surface area contributed by atoms with Crippen LogP contribution in [0.25, 0.3) is 0 Å². The van der Waals surface area contributed by atoms with E-state index in [-0.39, 0.29) is 18.7 Å². The monoisotopic (exact) mass is 258 g/mol. The van der Waals surface area contributed by atoms with E-state index in [4.69, 9.17) is 5.11 Å². The molecule has 0 aliphatic carbocycles. The number of urea groups is 1. The number of hydrogen-bond acceptors (Lipinski definition) is 3. The zero-order valence-corrected chi connectivity index (χ0v) is 11.2. The maximum atomic E-state index is 12.3. The molecule has 0 aromatic rings. The Morgan fingerprint density at radius 1 is 1.44 bits per heavy atom. The summed E-state index contributed by atoms with van der Waals surface area (Å²) in [4.78, 5) is 26.5. The van der Waals surface area contributed by atoms with Crippen LogP contribution in [0.3, 0.4) is 0 Å². The van der Waals surface area contributed by atoms with Gasteiger partial charge in [-0.25, -0.2) is 9.59 Å². The highest BCUT2D eigenvalue weighted by Gasteiger charge is 2.45. The summed E-state index contributed by atoms with van der Waals surface area (Å²) in [6.45, 7) is 3.62. The van der Waals surface area contributed by atoms with Crippen molar-refractivity contribution < 1.29 is 19.8 Å². The Hall–Kier alpha value is -1.30. The van der Waals surface area contributed by atoms with Gasteiger partial charge in [0.05, 0.1) is 12.6 Å². The van der Waals surface area contributed by atoms with Gasteiger partial charge in [-0.3, -0.25) is 0 Å². The first-order valence-corrected chi connectivity index (χ1v) is 6.23. The number of aliphatic carboxylic acids is 1. The number of aliphatic hydroxyl groups is 1. The number of nitrogens with zero attached hydrogens (tertiary/aromatic N) is 2. The molecule has 0 bridgehead atoms. The highest BCUT2D eigenvalue weighted by Crippen LogP contribution is 2.29. The smallest absolute Gasteiger partial charge is 0.329 e. The van der Waals surface area contributed by atoms with Crippen molar-refractivity contribution in [2.45, 2.75) is 44.7 Å². The minimum atomic E-state index is -1.14. The predicted molar refractivity (Wildman–Crippen MR) is 66.3 cm³/mol. The van der Waals surface area contributed by atoms with Crippen LogP contribution in [0.2, 0.25) is 0 Å². The Morgan fingerprint density at radius 2 is 2.06 bits per heavy atom. The molecule has 2 N–H and O–H groups in total. The second kappa shape index (κ2) is 5.56. The highest BCUT2D eigenvalue weighted by molar-refractivity contribution is 5.86. The highest BCUT2D eigenvalue weighted by atomic mass is 16.4.